The Labute approximate surface area is 149 Å². The lowest BCUT2D eigenvalue weighted by Gasteiger charge is -2.27. The van der Waals surface area contributed by atoms with Gasteiger partial charge in [-0.15, -0.1) is 12.4 Å². The van der Waals surface area contributed by atoms with Crippen molar-refractivity contribution in [2.24, 2.45) is 11.7 Å². The molecule has 1 unspecified atom stereocenters. The molecule has 132 valence electrons. The molecule has 2 amide bonds. The van der Waals surface area contributed by atoms with Gasteiger partial charge in [-0.3, -0.25) is 9.59 Å². The third-order valence-electron chi connectivity index (χ3n) is 4.92. The number of amides is 2. The third kappa shape index (κ3) is 4.71. The molecule has 1 heterocycles. The fraction of sp³-hybridized carbons (Fsp3) is 0.556. The molecule has 2 aliphatic rings. The Bertz CT molecular complexity index is 559. The van der Waals surface area contributed by atoms with Gasteiger partial charge < -0.3 is 16.0 Å². The summed E-state index contributed by atoms with van der Waals surface area (Å²) < 4.78 is 0. The van der Waals surface area contributed by atoms with Crippen LogP contribution in [0.4, 0.5) is 0 Å². The number of halogens is 1. The van der Waals surface area contributed by atoms with Crippen LogP contribution in [0, 0.1) is 5.92 Å². The van der Waals surface area contributed by atoms with Gasteiger partial charge in [0.1, 0.15) is 0 Å². The maximum absolute atomic E-state index is 12.4. The predicted molar refractivity (Wildman–Crippen MR) is 95.6 cm³/mol. The van der Waals surface area contributed by atoms with Crippen LogP contribution in [0.25, 0.3) is 0 Å². The first-order valence-corrected chi connectivity index (χ1v) is 8.49. The molecule has 24 heavy (non-hydrogen) atoms. The van der Waals surface area contributed by atoms with Crippen LogP contribution in [0.2, 0.25) is 0 Å². The first-order chi connectivity index (χ1) is 11.1. The van der Waals surface area contributed by atoms with Crippen molar-refractivity contribution < 1.29 is 9.59 Å². The number of rotatable bonds is 4. The Hall–Kier alpha value is -1.59. The number of hydrogen-bond acceptors (Lipinski definition) is 3. The minimum absolute atomic E-state index is 0. The highest BCUT2D eigenvalue weighted by Gasteiger charge is 2.35. The summed E-state index contributed by atoms with van der Waals surface area (Å²) in [6, 6.07) is 10.4. The van der Waals surface area contributed by atoms with Gasteiger partial charge in [0, 0.05) is 31.6 Å². The van der Waals surface area contributed by atoms with Gasteiger partial charge in [-0.2, -0.15) is 0 Å². The van der Waals surface area contributed by atoms with Crippen LogP contribution in [0.1, 0.15) is 37.7 Å². The van der Waals surface area contributed by atoms with E-state index in [2.05, 4.69) is 5.32 Å². The van der Waals surface area contributed by atoms with Crippen LogP contribution in [0.15, 0.2) is 30.3 Å². The molecule has 6 heteroatoms. The maximum Gasteiger partial charge on any atom is 0.225 e. The predicted octanol–water partition coefficient (Wildman–Crippen LogP) is 1.84. The van der Waals surface area contributed by atoms with Gasteiger partial charge in [-0.05, 0) is 31.2 Å². The molecule has 3 rings (SSSR count). The molecule has 0 bridgehead atoms. The van der Waals surface area contributed by atoms with Gasteiger partial charge in [0.25, 0.3) is 0 Å². The smallest absolute Gasteiger partial charge is 0.225 e. The molecular formula is C18H26ClN3O2. The average Bonchev–Trinajstić information content (AvgIpc) is 2.92. The molecule has 1 aromatic carbocycles. The van der Waals surface area contributed by atoms with Crippen molar-refractivity contribution in [2.75, 3.05) is 6.54 Å². The second kappa shape index (κ2) is 8.49. The first-order valence-electron chi connectivity index (χ1n) is 8.49. The Morgan fingerprint density at radius 1 is 1.17 bits per heavy atom. The fourth-order valence-corrected chi connectivity index (χ4v) is 3.49. The van der Waals surface area contributed by atoms with Crippen LogP contribution >= 0.6 is 12.4 Å². The topological polar surface area (TPSA) is 75.4 Å². The van der Waals surface area contributed by atoms with E-state index in [9.17, 15) is 9.59 Å². The quantitative estimate of drug-likeness (QED) is 0.869. The van der Waals surface area contributed by atoms with Gasteiger partial charge in [-0.25, -0.2) is 0 Å². The summed E-state index contributed by atoms with van der Waals surface area (Å²) in [5, 5.41) is 3.11. The molecule has 1 saturated heterocycles. The SMILES string of the molecule is Cl.NC1CCC(NC(=O)C2CC(=O)N(Cc3ccccc3)C2)CC1. The van der Waals surface area contributed by atoms with Crippen molar-refractivity contribution >= 4 is 24.2 Å². The van der Waals surface area contributed by atoms with Crippen LogP contribution in [0.3, 0.4) is 0 Å². The highest BCUT2D eigenvalue weighted by atomic mass is 35.5. The lowest BCUT2D eigenvalue weighted by Crippen LogP contribution is -2.43. The summed E-state index contributed by atoms with van der Waals surface area (Å²) in [7, 11) is 0. The Kier molecular flexibility index (Phi) is 6.63. The second-order valence-electron chi connectivity index (χ2n) is 6.78. The van der Waals surface area contributed by atoms with Crippen molar-refractivity contribution in [3.8, 4) is 0 Å². The molecule has 1 aliphatic carbocycles. The zero-order chi connectivity index (χ0) is 16.2. The van der Waals surface area contributed by atoms with E-state index in [0.717, 1.165) is 31.2 Å². The van der Waals surface area contributed by atoms with E-state index in [1.54, 1.807) is 4.90 Å². The van der Waals surface area contributed by atoms with E-state index in [-0.39, 0.29) is 42.2 Å². The molecule has 0 spiro atoms. The molecule has 1 atom stereocenters. The van der Waals surface area contributed by atoms with E-state index < -0.39 is 0 Å². The number of likely N-dealkylation sites (tertiary alicyclic amines) is 1. The van der Waals surface area contributed by atoms with E-state index in [1.807, 2.05) is 30.3 Å². The standard InChI is InChI=1S/C18H25N3O2.ClH/c19-15-6-8-16(9-7-15)20-18(23)14-10-17(22)21(12-14)11-13-4-2-1-3-5-13;/h1-5,14-16H,6-12,19H2,(H,20,23);1H. The summed E-state index contributed by atoms with van der Waals surface area (Å²) in [4.78, 5) is 26.4. The summed E-state index contributed by atoms with van der Waals surface area (Å²) in [6.07, 6.45) is 4.15. The third-order valence-corrected chi connectivity index (χ3v) is 4.92. The molecule has 0 radical (unpaired) electrons. The Morgan fingerprint density at radius 2 is 1.83 bits per heavy atom. The van der Waals surface area contributed by atoms with E-state index in [1.165, 1.54) is 0 Å². The van der Waals surface area contributed by atoms with Crippen LogP contribution in [-0.4, -0.2) is 35.3 Å². The normalized spacial score (nSPS) is 26.8. The molecule has 1 aromatic rings. The number of carbonyl (C=O) groups is 2. The van der Waals surface area contributed by atoms with Crippen molar-refractivity contribution in [2.45, 2.75) is 50.7 Å². The summed E-state index contributed by atoms with van der Waals surface area (Å²) in [5.74, 6) is -0.129. The van der Waals surface area contributed by atoms with Gasteiger partial charge in [0.05, 0.1) is 5.92 Å². The average molecular weight is 352 g/mol. The number of nitrogens with zero attached hydrogens (tertiary/aromatic N) is 1. The minimum atomic E-state index is -0.221. The lowest BCUT2D eigenvalue weighted by molar-refractivity contribution is -0.129. The number of nitrogens with two attached hydrogens (primary N) is 1. The van der Waals surface area contributed by atoms with Gasteiger partial charge in [0.15, 0.2) is 0 Å². The van der Waals surface area contributed by atoms with Crippen molar-refractivity contribution in [1.29, 1.82) is 0 Å². The zero-order valence-corrected chi connectivity index (χ0v) is 14.6. The fourth-order valence-electron chi connectivity index (χ4n) is 3.49. The van der Waals surface area contributed by atoms with Gasteiger partial charge in [-0.1, -0.05) is 30.3 Å². The molecule has 3 N–H and O–H groups in total. The number of carbonyl (C=O) groups excluding carboxylic acids is 2. The van der Waals surface area contributed by atoms with Crippen molar-refractivity contribution in [3.63, 3.8) is 0 Å². The van der Waals surface area contributed by atoms with E-state index in [4.69, 9.17) is 5.73 Å². The van der Waals surface area contributed by atoms with Crippen molar-refractivity contribution in [3.05, 3.63) is 35.9 Å². The Balaban J connectivity index is 0.00000208. The zero-order valence-electron chi connectivity index (χ0n) is 13.8. The van der Waals surface area contributed by atoms with Crippen LogP contribution < -0.4 is 11.1 Å². The number of benzene rings is 1. The van der Waals surface area contributed by atoms with Crippen LogP contribution in [0.5, 0.6) is 0 Å². The highest BCUT2D eigenvalue weighted by Crippen LogP contribution is 2.22. The van der Waals surface area contributed by atoms with Gasteiger partial charge in [0.2, 0.25) is 11.8 Å². The molecular weight excluding hydrogens is 326 g/mol. The molecule has 2 fully saturated rings. The number of nitrogens with one attached hydrogen (secondary N) is 1. The van der Waals surface area contributed by atoms with E-state index in [0.29, 0.717) is 19.5 Å². The van der Waals surface area contributed by atoms with Gasteiger partial charge >= 0.3 is 0 Å². The first kappa shape index (κ1) is 18.7. The summed E-state index contributed by atoms with van der Waals surface area (Å²) >= 11 is 0. The summed E-state index contributed by atoms with van der Waals surface area (Å²) in [5.41, 5.74) is 7.00. The molecule has 5 nitrogen and oxygen atoms in total. The lowest BCUT2D eigenvalue weighted by atomic mass is 9.91. The number of hydrogen-bond donors (Lipinski definition) is 2. The molecule has 1 saturated carbocycles. The molecule has 0 aromatic heterocycles. The Morgan fingerprint density at radius 3 is 2.50 bits per heavy atom. The minimum Gasteiger partial charge on any atom is -0.353 e. The largest absolute Gasteiger partial charge is 0.353 e. The second-order valence-corrected chi connectivity index (χ2v) is 6.78. The maximum atomic E-state index is 12.4. The van der Waals surface area contributed by atoms with Crippen LogP contribution in [-0.2, 0) is 16.1 Å². The summed E-state index contributed by atoms with van der Waals surface area (Å²) in [6.45, 7) is 1.10. The van der Waals surface area contributed by atoms with E-state index >= 15 is 0 Å². The monoisotopic (exact) mass is 351 g/mol. The highest BCUT2D eigenvalue weighted by molar-refractivity contribution is 5.89. The van der Waals surface area contributed by atoms with Crippen molar-refractivity contribution in [1.82, 2.24) is 10.2 Å². The molecule has 1 aliphatic heterocycles.